The van der Waals surface area contributed by atoms with E-state index in [9.17, 15) is 0 Å². The monoisotopic (exact) mass is 311 g/mol. The molecule has 1 aliphatic rings. The lowest BCUT2D eigenvalue weighted by Crippen LogP contribution is -2.40. The first-order valence-electron chi connectivity index (χ1n) is 7.53. The topological polar surface area (TPSA) is 58.8 Å². The Kier molecular flexibility index (Phi) is 7.53. The van der Waals surface area contributed by atoms with E-state index in [1.165, 1.54) is 18.6 Å². The van der Waals surface area contributed by atoms with Crippen LogP contribution in [0.25, 0.3) is 0 Å². The van der Waals surface area contributed by atoms with Crippen molar-refractivity contribution in [2.45, 2.75) is 24.5 Å². The van der Waals surface area contributed by atoms with Gasteiger partial charge < -0.3 is 19.8 Å². The quantitative estimate of drug-likeness (QED) is 0.436. The van der Waals surface area contributed by atoms with Crippen molar-refractivity contribution in [3.63, 3.8) is 0 Å². The molecule has 1 unspecified atom stereocenters. The number of aliphatic imine (C=N–C) groups is 1. The lowest BCUT2D eigenvalue weighted by atomic mass is 10.2. The van der Waals surface area contributed by atoms with E-state index in [-0.39, 0.29) is 0 Å². The maximum atomic E-state index is 5.33. The second-order valence-corrected chi connectivity index (χ2v) is 6.41. The second-order valence-electron chi connectivity index (χ2n) is 5.00. The first-order chi connectivity index (χ1) is 10.4. The van der Waals surface area contributed by atoms with Crippen LogP contribution in [-0.2, 0) is 11.2 Å². The summed E-state index contributed by atoms with van der Waals surface area (Å²) < 4.78 is 10.4. The highest BCUT2D eigenvalue weighted by Gasteiger charge is 2.14. The van der Waals surface area contributed by atoms with Crippen LogP contribution in [0.1, 0.15) is 18.6 Å². The van der Waals surface area contributed by atoms with Crippen LogP contribution in [0.4, 0.5) is 0 Å². The zero-order valence-electron chi connectivity index (χ0n) is 12.6. The highest BCUT2D eigenvalue weighted by atomic mass is 32.2. The third-order valence-electron chi connectivity index (χ3n) is 3.32. The van der Waals surface area contributed by atoms with Crippen LogP contribution in [-0.4, -0.2) is 50.3 Å². The minimum absolute atomic E-state index is 0.677. The van der Waals surface area contributed by atoms with Crippen LogP contribution in [0.5, 0.6) is 0 Å². The van der Waals surface area contributed by atoms with Gasteiger partial charge in [-0.2, -0.15) is 11.8 Å². The van der Waals surface area contributed by atoms with Crippen LogP contribution < -0.4 is 10.6 Å². The zero-order chi connectivity index (χ0) is 14.8. The minimum atomic E-state index is 0.677. The molecule has 1 aromatic heterocycles. The number of furan rings is 1. The standard InChI is InChI=1S/C15H25N3O2S/c1-19-10-8-17-15(18-12-14-5-3-11-21-14)16-7-6-13-4-2-9-20-13/h2,4,9,14H,3,5-8,10-12H2,1H3,(H2,16,17,18). The van der Waals surface area contributed by atoms with Gasteiger partial charge in [0.2, 0.25) is 0 Å². The SMILES string of the molecule is COCCNC(=NCC1CCCS1)NCCc1ccco1. The third kappa shape index (κ3) is 6.44. The summed E-state index contributed by atoms with van der Waals surface area (Å²) in [6, 6.07) is 3.91. The maximum Gasteiger partial charge on any atom is 0.191 e. The molecule has 2 heterocycles. The molecule has 0 aliphatic carbocycles. The maximum absolute atomic E-state index is 5.33. The summed E-state index contributed by atoms with van der Waals surface area (Å²) in [6.45, 7) is 3.13. The number of nitrogens with zero attached hydrogens (tertiary/aromatic N) is 1. The van der Waals surface area contributed by atoms with Crippen molar-refractivity contribution in [3.05, 3.63) is 24.2 Å². The van der Waals surface area contributed by atoms with E-state index in [1.54, 1.807) is 13.4 Å². The molecule has 21 heavy (non-hydrogen) atoms. The molecule has 5 nitrogen and oxygen atoms in total. The van der Waals surface area contributed by atoms with Gasteiger partial charge in [-0.05, 0) is 30.7 Å². The third-order valence-corrected chi connectivity index (χ3v) is 4.70. The van der Waals surface area contributed by atoms with Gasteiger partial charge in [0, 0.05) is 31.9 Å². The van der Waals surface area contributed by atoms with Crippen LogP contribution in [0.15, 0.2) is 27.8 Å². The minimum Gasteiger partial charge on any atom is -0.469 e. The normalized spacial score (nSPS) is 18.9. The zero-order valence-corrected chi connectivity index (χ0v) is 13.5. The molecule has 1 saturated heterocycles. The molecule has 2 rings (SSSR count). The van der Waals surface area contributed by atoms with Gasteiger partial charge in [0.25, 0.3) is 0 Å². The number of methoxy groups -OCH3 is 1. The number of ether oxygens (including phenoxy) is 1. The van der Waals surface area contributed by atoms with Gasteiger partial charge in [0.15, 0.2) is 5.96 Å². The predicted octanol–water partition coefficient (Wildman–Crippen LogP) is 1.90. The molecule has 1 fully saturated rings. The Morgan fingerprint density at radius 2 is 2.38 bits per heavy atom. The molecule has 118 valence electrons. The van der Waals surface area contributed by atoms with Gasteiger partial charge in [-0.1, -0.05) is 0 Å². The van der Waals surface area contributed by atoms with E-state index in [0.717, 1.165) is 37.8 Å². The van der Waals surface area contributed by atoms with Crippen LogP contribution in [0.2, 0.25) is 0 Å². The van der Waals surface area contributed by atoms with Crippen molar-refractivity contribution in [3.8, 4) is 0 Å². The number of hydrogen-bond acceptors (Lipinski definition) is 4. The van der Waals surface area contributed by atoms with Crippen molar-refractivity contribution in [2.75, 3.05) is 39.1 Å². The second kappa shape index (κ2) is 9.73. The van der Waals surface area contributed by atoms with Gasteiger partial charge in [0.1, 0.15) is 5.76 Å². The summed E-state index contributed by atoms with van der Waals surface area (Å²) in [5.41, 5.74) is 0. The van der Waals surface area contributed by atoms with Crippen molar-refractivity contribution in [1.29, 1.82) is 0 Å². The largest absolute Gasteiger partial charge is 0.469 e. The molecular formula is C15H25N3O2S. The Labute approximate surface area is 130 Å². The summed E-state index contributed by atoms with van der Waals surface area (Å²) in [5.74, 6) is 3.13. The fraction of sp³-hybridized carbons (Fsp3) is 0.667. The molecule has 0 saturated carbocycles. The average Bonchev–Trinajstić information content (AvgIpc) is 3.18. The molecule has 6 heteroatoms. The highest BCUT2D eigenvalue weighted by Crippen LogP contribution is 2.25. The van der Waals surface area contributed by atoms with Gasteiger partial charge in [-0.15, -0.1) is 0 Å². The fourth-order valence-electron chi connectivity index (χ4n) is 2.19. The molecular weight excluding hydrogens is 286 g/mol. The van der Waals surface area contributed by atoms with Crippen LogP contribution >= 0.6 is 11.8 Å². The summed E-state index contributed by atoms with van der Waals surface area (Å²) in [6.07, 6.45) is 5.17. The smallest absolute Gasteiger partial charge is 0.191 e. The molecule has 0 bridgehead atoms. The number of rotatable bonds is 8. The van der Waals surface area contributed by atoms with Crippen molar-refractivity contribution in [1.82, 2.24) is 10.6 Å². The number of nitrogens with one attached hydrogen (secondary N) is 2. The molecule has 1 aliphatic heterocycles. The summed E-state index contributed by atoms with van der Waals surface area (Å²) in [5, 5.41) is 7.33. The fourth-order valence-corrected chi connectivity index (χ4v) is 3.37. The van der Waals surface area contributed by atoms with Gasteiger partial charge in [-0.3, -0.25) is 4.99 Å². The van der Waals surface area contributed by atoms with Crippen LogP contribution in [0.3, 0.4) is 0 Å². The molecule has 1 aromatic rings. The van der Waals surface area contributed by atoms with E-state index in [0.29, 0.717) is 11.9 Å². The van der Waals surface area contributed by atoms with E-state index in [4.69, 9.17) is 9.15 Å². The lowest BCUT2D eigenvalue weighted by Gasteiger charge is -2.13. The lowest BCUT2D eigenvalue weighted by molar-refractivity contribution is 0.203. The van der Waals surface area contributed by atoms with Crippen LogP contribution in [0, 0.1) is 0 Å². The Morgan fingerprint density at radius 1 is 1.48 bits per heavy atom. The number of thioether (sulfide) groups is 1. The molecule has 2 N–H and O–H groups in total. The Bertz CT molecular complexity index is 403. The Hall–Kier alpha value is -1.14. The first kappa shape index (κ1) is 16.2. The van der Waals surface area contributed by atoms with Gasteiger partial charge in [-0.25, -0.2) is 0 Å². The van der Waals surface area contributed by atoms with E-state index in [2.05, 4.69) is 15.6 Å². The van der Waals surface area contributed by atoms with E-state index < -0.39 is 0 Å². The molecule has 0 aromatic carbocycles. The van der Waals surface area contributed by atoms with Crippen molar-refractivity contribution in [2.24, 2.45) is 4.99 Å². The van der Waals surface area contributed by atoms with Gasteiger partial charge in [0.05, 0.1) is 19.4 Å². The summed E-state index contributed by atoms with van der Waals surface area (Å²) in [7, 11) is 1.71. The van der Waals surface area contributed by atoms with Crippen molar-refractivity contribution < 1.29 is 9.15 Å². The number of hydrogen-bond donors (Lipinski definition) is 2. The molecule has 0 spiro atoms. The summed E-state index contributed by atoms with van der Waals surface area (Å²) in [4.78, 5) is 4.68. The first-order valence-corrected chi connectivity index (χ1v) is 8.58. The van der Waals surface area contributed by atoms with Crippen molar-refractivity contribution >= 4 is 17.7 Å². The number of guanidine groups is 1. The Balaban J connectivity index is 1.74. The summed E-state index contributed by atoms with van der Waals surface area (Å²) >= 11 is 2.03. The molecule has 1 atom stereocenters. The van der Waals surface area contributed by atoms with Gasteiger partial charge >= 0.3 is 0 Å². The predicted molar refractivity (Wildman–Crippen MR) is 88.1 cm³/mol. The van der Waals surface area contributed by atoms with E-state index >= 15 is 0 Å². The highest BCUT2D eigenvalue weighted by molar-refractivity contribution is 8.00. The average molecular weight is 311 g/mol. The molecule has 0 radical (unpaired) electrons. The Morgan fingerprint density at radius 3 is 3.10 bits per heavy atom. The molecule has 0 amide bonds. The van der Waals surface area contributed by atoms with E-state index in [1.807, 2.05) is 23.9 Å².